The van der Waals surface area contributed by atoms with Gasteiger partial charge >= 0.3 is 0 Å². The molecule has 7 heteroatoms. The second-order valence-electron chi connectivity index (χ2n) is 6.97. The fourth-order valence-corrected chi connectivity index (χ4v) is 3.74. The number of amides is 1. The molecule has 0 aliphatic carbocycles. The van der Waals surface area contributed by atoms with Gasteiger partial charge in [0.25, 0.3) is 0 Å². The van der Waals surface area contributed by atoms with Gasteiger partial charge in [0, 0.05) is 44.6 Å². The number of ether oxygens (including phenoxy) is 1. The maximum atomic E-state index is 12.7. The topological polar surface area (TPSA) is 50.1 Å². The van der Waals surface area contributed by atoms with E-state index in [9.17, 15) is 4.79 Å². The van der Waals surface area contributed by atoms with E-state index in [4.69, 9.17) is 16.3 Å². The van der Waals surface area contributed by atoms with Crippen molar-refractivity contribution in [3.8, 4) is 0 Å². The number of halogens is 1. The smallest absolute Gasteiger partial charge is 0.246 e. The SMILES string of the molecule is CN(Cc1ccccc1N1CCOCC1)C(=O)/C=C/c1c(Cl)nc2ccccn12. The van der Waals surface area contributed by atoms with Crippen LogP contribution >= 0.6 is 11.6 Å². The third-order valence-electron chi connectivity index (χ3n) is 5.03. The molecule has 0 N–H and O–H groups in total. The first-order chi connectivity index (χ1) is 14.1. The highest BCUT2D eigenvalue weighted by atomic mass is 35.5. The van der Waals surface area contributed by atoms with Crippen molar-refractivity contribution < 1.29 is 9.53 Å². The standard InChI is InChI=1S/C22H23ClN4O2/c1-25(16-17-6-2-3-7-18(17)26-12-14-29-15-13-26)21(28)10-9-19-22(23)24-20-8-4-5-11-27(19)20/h2-11H,12-16H2,1H3/b10-9+. The third-order valence-corrected chi connectivity index (χ3v) is 5.31. The van der Waals surface area contributed by atoms with E-state index in [0.29, 0.717) is 17.4 Å². The number of benzene rings is 1. The Labute approximate surface area is 175 Å². The maximum Gasteiger partial charge on any atom is 0.246 e. The first-order valence-electron chi connectivity index (χ1n) is 9.60. The molecule has 0 bridgehead atoms. The van der Waals surface area contributed by atoms with E-state index in [1.54, 1.807) is 24.1 Å². The van der Waals surface area contributed by atoms with Crippen LogP contribution in [0.25, 0.3) is 11.7 Å². The van der Waals surface area contributed by atoms with Gasteiger partial charge in [-0.1, -0.05) is 35.9 Å². The highest BCUT2D eigenvalue weighted by Gasteiger charge is 2.16. The summed E-state index contributed by atoms with van der Waals surface area (Å²) < 4.78 is 7.32. The molecule has 1 amide bonds. The molecular weight excluding hydrogens is 388 g/mol. The van der Waals surface area contributed by atoms with E-state index in [1.165, 1.54) is 0 Å². The van der Waals surface area contributed by atoms with Crippen LogP contribution in [0.4, 0.5) is 5.69 Å². The highest BCUT2D eigenvalue weighted by molar-refractivity contribution is 6.31. The van der Waals surface area contributed by atoms with Crippen LogP contribution in [-0.2, 0) is 16.1 Å². The number of hydrogen-bond acceptors (Lipinski definition) is 4. The summed E-state index contributed by atoms with van der Waals surface area (Å²) in [6.07, 6.45) is 5.13. The number of likely N-dealkylation sites (N-methyl/N-ethyl adjacent to an activating group) is 1. The summed E-state index contributed by atoms with van der Waals surface area (Å²) in [5.41, 5.74) is 3.71. The minimum Gasteiger partial charge on any atom is -0.378 e. The number of aromatic nitrogens is 2. The van der Waals surface area contributed by atoms with Gasteiger partial charge in [0.1, 0.15) is 5.65 Å². The zero-order chi connectivity index (χ0) is 20.2. The molecule has 1 aliphatic heterocycles. The lowest BCUT2D eigenvalue weighted by molar-refractivity contribution is -0.125. The second-order valence-corrected chi connectivity index (χ2v) is 7.33. The monoisotopic (exact) mass is 410 g/mol. The molecule has 6 nitrogen and oxygen atoms in total. The summed E-state index contributed by atoms with van der Waals surface area (Å²) in [7, 11) is 1.80. The Morgan fingerprint density at radius 1 is 1.21 bits per heavy atom. The normalized spacial score (nSPS) is 14.6. The summed E-state index contributed by atoms with van der Waals surface area (Å²) in [4.78, 5) is 21.0. The number of carbonyl (C=O) groups is 1. The number of pyridine rings is 1. The van der Waals surface area contributed by atoms with Crippen LogP contribution < -0.4 is 4.90 Å². The van der Waals surface area contributed by atoms with Crippen molar-refractivity contribution in [2.45, 2.75) is 6.54 Å². The first kappa shape index (κ1) is 19.5. The van der Waals surface area contributed by atoms with Crippen molar-refractivity contribution >= 4 is 34.9 Å². The van der Waals surface area contributed by atoms with E-state index < -0.39 is 0 Å². The molecule has 1 fully saturated rings. The summed E-state index contributed by atoms with van der Waals surface area (Å²) in [6.45, 7) is 3.71. The molecule has 0 saturated carbocycles. The fraction of sp³-hybridized carbons (Fsp3) is 0.273. The van der Waals surface area contributed by atoms with Gasteiger partial charge in [-0.15, -0.1) is 0 Å². The van der Waals surface area contributed by atoms with E-state index in [1.807, 2.05) is 40.9 Å². The lowest BCUT2D eigenvalue weighted by Gasteiger charge is -2.31. The zero-order valence-corrected chi connectivity index (χ0v) is 17.0. The van der Waals surface area contributed by atoms with Gasteiger partial charge in [-0.05, 0) is 29.8 Å². The Morgan fingerprint density at radius 3 is 2.79 bits per heavy atom. The molecule has 150 valence electrons. The molecule has 29 heavy (non-hydrogen) atoms. The van der Waals surface area contributed by atoms with Crippen molar-refractivity contribution in [1.29, 1.82) is 0 Å². The number of para-hydroxylation sites is 1. The van der Waals surface area contributed by atoms with Crippen LogP contribution in [0.5, 0.6) is 0 Å². The van der Waals surface area contributed by atoms with Gasteiger partial charge in [-0.2, -0.15) is 0 Å². The Hall–Kier alpha value is -2.83. The summed E-state index contributed by atoms with van der Waals surface area (Å²) in [5, 5.41) is 0.376. The van der Waals surface area contributed by atoms with Gasteiger partial charge in [0.2, 0.25) is 5.91 Å². The van der Waals surface area contributed by atoms with Crippen molar-refractivity contribution in [1.82, 2.24) is 14.3 Å². The number of fused-ring (bicyclic) bond motifs is 1. The van der Waals surface area contributed by atoms with Gasteiger partial charge in [-0.3, -0.25) is 9.20 Å². The highest BCUT2D eigenvalue weighted by Crippen LogP contribution is 2.23. The number of imidazole rings is 1. The third kappa shape index (κ3) is 4.28. The van der Waals surface area contributed by atoms with Gasteiger partial charge in [-0.25, -0.2) is 4.98 Å². The molecular formula is C22H23ClN4O2. The van der Waals surface area contributed by atoms with Crippen molar-refractivity contribution in [2.24, 2.45) is 0 Å². The first-order valence-corrected chi connectivity index (χ1v) is 9.97. The number of nitrogens with zero attached hydrogens (tertiary/aromatic N) is 4. The van der Waals surface area contributed by atoms with Crippen LogP contribution in [0.15, 0.2) is 54.7 Å². The lowest BCUT2D eigenvalue weighted by atomic mass is 10.1. The number of morpholine rings is 1. The summed E-state index contributed by atoms with van der Waals surface area (Å²) in [6, 6.07) is 13.9. The number of rotatable bonds is 5. The largest absolute Gasteiger partial charge is 0.378 e. The zero-order valence-electron chi connectivity index (χ0n) is 16.3. The Bertz CT molecular complexity index is 1040. The maximum absolute atomic E-state index is 12.7. The second kappa shape index (κ2) is 8.68. The number of anilines is 1. The van der Waals surface area contributed by atoms with Gasteiger partial charge in [0.05, 0.1) is 18.9 Å². The van der Waals surface area contributed by atoms with E-state index >= 15 is 0 Å². The molecule has 0 unspecified atom stereocenters. The molecule has 1 aromatic carbocycles. The van der Waals surface area contributed by atoms with Crippen molar-refractivity contribution in [2.75, 3.05) is 38.3 Å². The van der Waals surface area contributed by atoms with Crippen molar-refractivity contribution in [3.63, 3.8) is 0 Å². The Balaban J connectivity index is 1.49. The predicted octanol–water partition coefficient (Wildman–Crippen LogP) is 3.50. The number of hydrogen-bond donors (Lipinski definition) is 0. The molecule has 1 saturated heterocycles. The predicted molar refractivity (Wildman–Crippen MR) is 115 cm³/mol. The summed E-state index contributed by atoms with van der Waals surface area (Å²) in [5.74, 6) is -0.0938. The average molecular weight is 411 g/mol. The minimum atomic E-state index is -0.0938. The van der Waals surface area contributed by atoms with Crippen molar-refractivity contribution in [3.05, 3.63) is 71.1 Å². The molecule has 0 spiro atoms. The van der Waals surface area contributed by atoms with Crippen LogP contribution in [0.3, 0.4) is 0 Å². The molecule has 1 aliphatic rings. The van der Waals surface area contributed by atoms with E-state index in [2.05, 4.69) is 22.0 Å². The van der Waals surface area contributed by atoms with Crippen LogP contribution in [0, 0.1) is 0 Å². The molecule has 2 aromatic heterocycles. The molecule has 3 heterocycles. The molecule has 0 atom stereocenters. The van der Waals surface area contributed by atoms with Crippen LogP contribution in [0.1, 0.15) is 11.3 Å². The Kier molecular flexibility index (Phi) is 5.83. The van der Waals surface area contributed by atoms with Crippen LogP contribution in [0.2, 0.25) is 5.15 Å². The van der Waals surface area contributed by atoms with Gasteiger partial charge < -0.3 is 14.5 Å². The molecule has 0 radical (unpaired) electrons. The van der Waals surface area contributed by atoms with E-state index in [-0.39, 0.29) is 5.91 Å². The Morgan fingerprint density at radius 2 is 1.97 bits per heavy atom. The quantitative estimate of drug-likeness (QED) is 0.604. The average Bonchev–Trinajstić information content (AvgIpc) is 3.08. The number of carbonyl (C=O) groups excluding carboxylic acids is 1. The van der Waals surface area contributed by atoms with Gasteiger partial charge in [0.15, 0.2) is 5.15 Å². The van der Waals surface area contributed by atoms with E-state index in [0.717, 1.165) is 43.2 Å². The minimum absolute atomic E-state index is 0.0938. The van der Waals surface area contributed by atoms with Crippen LogP contribution in [-0.4, -0.2) is 53.5 Å². The lowest BCUT2D eigenvalue weighted by Crippen LogP contribution is -2.37. The molecule has 3 aromatic rings. The summed E-state index contributed by atoms with van der Waals surface area (Å²) >= 11 is 6.24. The fourth-order valence-electron chi connectivity index (χ4n) is 3.50. The molecule has 4 rings (SSSR count).